The number of hydrogen-bond donors (Lipinski definition) is 2. The van der Waals surface area contributed by atoms with E-state index in [1.54, 1.807) is 0 Å². The van der Waals surface area contributed by atoms with Crippen LogP contribution in [0, 0.1) is 0 Å². The van der Waals surface area contributed by atoms with E-state index >= 15 is 0 Å². The lowest BCUT2D eigenvalue weighted by atomic mass is 10.2. The molecule has 31 heavy (non-hydrogen) atoms. The van der Waals surface area contributed by atoms with Crippen LogP contribution in [-0.2, 0) is 11.3 Å². The monoisotopic (exact) mass is 442 g/mol. The topological polar surface area (TPSA) is 65.0 Å². The molecule has 2 aromatic rings. The lowest BCUT2D eigenvalue weighted by molar-refractivity contribution is 0.0177. The smallest absolute Gasteiger partial charge is 0.191 e. The number of guanidine groups is 1. The minimum Gasteiger partial charge on any atom is -0.379 e. The van der Waals surface area contributed by atoms with E-state index in [0.717, 1.165) is 64.3 Å². The third-order valence-corrected chi connectivity index (χ3v) is 6.80. The second-order valence-corrected chi connectivity index (χ2v) is 8.95. The maximum Gasteiger partial charge on any atom is 0.191 e. The predicted octanol–water partition coefficient (Wildman–Crippen LogP) is 2.87. The van der Waals surface area contributed by atoms with E-state index in [-0.39, 0.29) is 0 Å². The maximum atomic E-state index is 5.56. The summed E-state index contributed by atoms with van der Waals surface area (Å²) in [5.74, 6) is 1.94. The first-order chi connectivity index (χ1) is 15.3. The molecule has 2 N–H and O–H groups in total. The van der Waals surface area contributed by atoms with Gasteiger partial charge in [0.2, 0.25) is 0 Å². The summed E-state index contributed by atoms with van der Waals surface area (Å²) in [6.07, 6.45) is 4.42. The van der Waals surface area contributed by atoms with Gasteiger partial charge >= 0.3 is 0 Å². The molecule has 2 saturated heterocycles. The molecule has 4 heterocycles. The number of aromatic nitrogens is 1. The third kappa shape index (κ3) is 6.18. The maximum absolute atomic E-state index is 5.56. The van der Waals surface area contributed by atoms with Crippen LogP contribution in [0.25, 0.3) is 0 Å². The quantitative estimate of drug-likeness (QED) is 0.484. The third-order valence-electron chi connectivity index (χ3n) is 5.82. The van der Waals surface area contributed by atoms with Gasteiger partial charge in [0, 0.05) is 50.3 Å². The molecular weight excluding hydrogens is 408 g/mol. The van der Waals surface area contributed by atoms with Gasteiger partial charge in [-0.1, -0.05) is 6.07 Å². The van der Waals surface area contributed by atoms with E-state index in [4.69, 9.17) is 9.73 Å². The first-order valence-corrected chi connectivity index (χ1v) is 12.3. The zero-order valence-electron chi connectivity index (χ0n) is 18.4. The predicted molar refractivity (Wildman–Crippen MR) is 128 cm³/mol. The molecule has 0 aliphatic carbocycles. The fraction of sp³-hybridized carbons (Fsp3) is 0.565. The van der Waals surface area contributed by atoms with E-state index in [2.05, 4.69) is 62.0 Å². The van der Waals surface area contributed by atoms with Gasteiger partial charge in [-0.25, -0.2) is 9.98 Å². The molecule has 2 aromatic heterocycles. The van der Waals surface area contributed by atoms with Crippen molar-refractivity contribution in [3.05, 3.63) is 46.3 Å². The number of ether oxygens (including phenoxy) is 1. The summed E-state index contributed by atoms with van der Waals surface area (Å²) < 4.78 is 5.56. The van der Waals surface area contributed by atoms with E-state index in [1.165, 1.54) is 23.3 Å². The van der Waals surface area contributed by atoms with Crippen LogP contribution < -0.4 is 15.5 Å². The number of anilines is 1. The zero-order chi connectivity index (χ0) is 21.3. The summed E-state index contributed by atoms with van der Waals surface area (Å²) in [7, 11) is 0. The number of pyridine rings is 1. The lowest BCUT2D eigenvalue weighted by Gasteiger charge is -2.34. The largest absolute Gasteiger partial charge is 0.379 e. The Kier molecular flexibility index (Phi) is 8.15. The SMILES string of the molecule is CCNC(=NCc1ccnc(N2CCCC2)c1)NCC(c1cccs1)N1CCOCC1. The Labute approximate surface area is 189 Å². The number of morpholine rings is 1. The van der Waals surface area contributed by atoms with E-state index < -0.39 is 0 Å². The van der Waals surface area contributed by atoms with Crippen LogP contribution in [0.5, 0.6) is 0 Å². The molecule has 7 nitrogen and oxygen atoms in total. The van der Waals surface area contributed by atoms with Crippen molar-refractivity contribution >= 4 is 23.1 Å². The van der Waals surface area contributed by atoms with E-state index in [9.17, 15) is 0 Å². The van der Waals surface area contributed by atoms with Crippen molar-refractivity contribution in [3.8, 4) is 0 Å². The standard InChI is InChI=1S/C23H34N6OS/c1-2-24-23(26-17-19-7-8-25-22(16-19)29-9-3-4-10-29)27-18-20(21-6-5-15-31-21)28-11-13-30-14-12-28/h5-8,15-16,20H,2-4,9-14,17-18H2,1H3,(H2,24,26,27). The Morgan fingerprint density at radius 1 is 1.19 bits per heavy atom. The van der Waals surface area contributed by atoms with Crippen LogP contribution in [0.1, 0.15) is 36.2 Å². The van der Waals surface area contributed by atoms with Gasteiger partial charge in [-0.15, -0.1) is 11.3 Å². The second kappa shape index (κ2) is 11.5. The van der Waals surface area contributed by atoms with Gasteiger partial charge in [-0.3, -0.25) is 4.90 Å². The molecule has 0 saturated carbocycles. The van der Waals surface area contributed by atoms with Gasteiger partial charge < -0.3 is 20.3 Å². The van der Waals surface area contributed by atoms with Crippen LogP contribution in [0.4, 0.5) is 5.82 Å². The second-order valence-electron chi connectivity index (χ2n) is 7.97. The number of aliphatic imine (C=N–C) groups is 1. The fourth-order valence-electron chi connectivity index (χ4n) is 4.16. The molecule has 1 atom stereocenters. The molecule has 0 aromatic carbocycles. The van der Waals surface area contributed by atoms with Crippen molar-refractivity contribution in [2.45, 2.75) is 32.4 Å². The molecule has 0 bridgehead atoms. The van der Waals surface area contributed by atoms with Crippen molar-refractivity contribution in [3.63, 3.8) is 0 Å². The van der Waals surface area contributed by atoms with Gasteiger partial charge in [-0.2, -0.15) is 0 Å². The summed E-state index contributed by atoms with van der Waals surface area (Å²) in [6.45, 7) is 10.2. The first-order valence-electron chi connectivity index (χ1n) is 11.4. The van der Waals surface area contributed by atoms with Crippen LogP contribution in [0.2, 0.25) is 0 Å². The van der Waals surface area contributed by atoms with Gasteiger partial charge in [-0.05, 0) is 48.9 Å². The molecule has 0 radical (unpaired) electrons. The highest BCUT2D eigenvalue weighted by atomic mass is 32.1. The van der Waals surface area contributed by atoms with Gasteiger partial charge in [0.25, 0.3) is 0 Å². The Bertz CT molecular complexity index is 815. The summed E-state index contributed by atoms with van der Waals surface area (Å²) in [4.78, 5) is 15.7. The molecular formula is C23H34N6OS. The van der Waals surface area contributed by atoms with Crippen LogP contribution >= 0.6 is 11.3 Å². The minimum absolute atomic E-state index is 0.329. The number of rotatable bonds is 8. The molecule has 0 spiro atoms. The summed E-state index contributed by atoms with van der Waals surface area (Å²) in [6, 6.07) is 8.94. The Balaban J connectivity index is 1.40. The van der Waals surface area contributed by atoms with Crippen LogP contribution in [0.15, 0.2) is 40.8 Å². The first kappa shape index (κ1) is 22.0. The molecule has 1 unspecified atom stereocenters. The summed E-state index contributed by atoms with van der Waals surface area (Å²) in [5.41, 5.74) is 1.19. The number of nitrogens with one attached hydrogen (secondary N) is 2. The zero-order valence-corrected chi connectivity index (χ0v) is 19.2. The highest BCUT2D eigenvalue weighted by molar-refractivity contribution is 7.10. The average Bonchev–Trinajstić information content (AvgIpc) is 3.53. The number of thiophene rings is 1. The number of hydrogen-bond acceptors (Lipinski definition) is 6. The van der Waals surface area contributed by atoms with Crippen molar-refractivity contribution in [1.29, 1.82) is 0 Å². The minimum atomic E-state index is 0.329. The molecule has 2 aliphatic heterocycles. The Hall–Kier alpha value is -2.16. The Morgan fingerprint density at radius 2 is 2.03 bits per heavy atom. The summed E-state index contributed by atoms with van der Waals surface area (Å²) >= 11 is 1.82. The molecule has 8 heteroatoms. The van der Waals surface area contributed by atoms with Crippen LogP contribution in [0.3, 0.4) is 0 Å². The van der Waals surface area contributed by atoms with E-state index in [0.29, 0.717) is 12.6 Å². The molecule has 168 valence electrons. The van der Waals surface area contributed by atoms with Gasteiger partial charge in [0.15, 0.2) is 5.96 Å². The van der Waals surface area contributed by atoms with Crippen molar-refractivity contribution in [2.24, 2.45) is 4.99 Å². The summed E-state index contributed by atoms with van der Waals surface area (Å²) in [5, 5.41) is 9.14. The van der Waals surface area contributed by atoms with Crippen molar-refractivity contribution in [1.82, 2.24) is 20.5 Å². The number of nitrogens with zero attached hydrogens (tertiary/aromatic N) is 4. The average molecular weight is 443 g/mol. The molecule has 2 aliphatic rings. The molecule has 4 rings (SSSR count). The van der Waals surface area contributed by atoms with E-state index in [1.807, 2.05) is 17.5 Å². The molecule has 2 fully saturated rings. The van der Waals surface area contributed by atoms with Gasteiger partial charge in [0.05, 0.1) is 25.8 Å². The molecule has 0 amide bonds. The van der Waals surface area contributed by atoms with Crippen molar-refractivity contribution in [2.75, 3.05) is 57.4 Å². The highest BCUT2D eigenvalue weighted by Crippen LogP contribution is 2.25. The normalized spacial score (nSPS) is 18.9. The lowest BCUT2D eigenvalue weighted by Crippen LogP contribution is -2.46. The Morgan fingerprint density at radius 3 is 2.77 bits per heavy atom. The highest BCUT2D eigenvalue weighted by Gasteiger charge is 2.23. The van der Waals surface area contributed by atoms with Crippen LogP contribution in [-0.4, -0.2) is 68.3 Å². The fourth-order valence-corrected chi connectivity index (χ4v) is 5.02. The van der Waals surface area contributed by atoms with Gasteiger partial charge in [0.1, 0.15) is 5.82 Å². The van der Waals surface area contributed by atoms with Crippen molar-refractivity contribution < 1.29 is 4.74 Å².